The van der Waals surface area contributed by atoms with Gasteiger partial charge >= 0.3 is 0 Å². The number of aryl methyl sites for hydroxylation is 1. The number of hydrogen-bond donors (Lipinski definition) is 0. The molecule has 2 aromatic rings. The lowest BCUT2D eigenvalue weighted by atomic mass is 9.87. The maximum atomic E-state index is 13.3. The molecule has 1 amide bonds. The van der Waals surface area contributed by atoms with Crippen molar-refractivity contribution in [2.75, 3.05) is 24.5 Å². The van der Waals surface area contributed by atoms with E-state index in [9.17, 15) is 4.79 Å². The zero-order valence-corrected chi connectivity index (χ0v) is 20.1. The summed E-state index contributed by atoms with van der Waals surface area (Å²) in [6.07, 6.45) is 5.15. The van der Waals surface area contributed by atoms with E-state index in [0.717, 1.165) is 31.7 Å². The maximum absolute atomic E-state index is 13.3. The van der Waals surface area contributed by atoms with Gasteiger partial charge in [0.2, 0.25) is 0 Å². The van der Waals surface area contributed by atoms with Crippen molar-refractivity contribution in [3.8, 4) is 0 Å². The summed E-state index contributed by atoms with van der Waals surface area (Å²) in [5, 5.41) is 0. The molecule has 1 saturated heterocycles. The van der Waals surface area contributed by atoms with E-state index in [4.69, 9.17) is 9.15 Å². The lowest BCUT2D eigenvalue weighted by Crippen LogP contribution is -2.57. The van der Waals surface area contributed by atoms with Gasteiger partial charge in [0.05, 0.1) is 24.5 Å². The molecular weight excluding hydrogens is 400 g/mol. The Morgan fingerprint density at radius 3 is 2.62 bits per heavy atom. The zero-order chi connectivity index (χ0) is 22.6. The quantitative estimate of drug-likeness (QED) is 0.652. The van der Waals surface area contributed by atoms with E-state index in [2.05, 4.69) is 44.7 Å². The molecule has 3 heterocycles. The number of benzene rings is 1. The summed E-state index contributed by atoms with van der Waals surface area (Å²) < 4.78 is 11.7. The predicted octanol–water partition coefficient (Wildman–Crippen LogP) is 5.30. The smallest absolute Gasteiger partial charge is 0.290 e. The monoisotopic (exact) mass is 436 g/mol. The summed E-state index contributed by atoms with van der Waals surface area (Å²) in [7, 11) is 0. The third kappa shape index (κ3) is 3.96. The van der Waals surface area contributed by atoms with Crippen LogP contribution in [0.15, 0.2) is 28.9 Å². The van der Waals surface area contributed by atoms with Gasteiger partial charge in [-0.05, 0) is 80.3 Å². The first kappa shape index (κ1) is 21.6. The Balaban J connectivity index is 1.43. The second-order valence-electron chi connectivity index (χ2n) is 10.9. The van der Waals surface area contributed by atoms with Gasteiger partial charge in [0.25, 0.3) is 5.91 Å². The number of amides is 1. The van der Waals surface area contributed by atoms with Gasteiger partial charge in [-0.3, -0.25) is 4.79 Å². The third-order valence-electron chi connectivity index (χ3n) is 7.47. The molecule has 1 atom stereocenters. The number of carbonyl (C=O) groups is 1. The van der Waals surface area contributed by atoms with Crippen LogP contribution >= 0.6 is 0 Å². The lowest BCUT2D eigenvalue weighted by Gasteiger charge is -2.44. The normalized spacial score (nSPS) is 22.9. The molecule has 2 fully saturated rings. The highest BCUT2D eigenvalue weighted by Crippen LogP contribution is 2.46. The fourth-order valence-electron chi connectivity index (χ4n) is 5.38. The number of carbonyl (C=O) groups excluding carboxylic acids is 1. The van der Waals surface area contributed by atoms with Crippen LogP contribution in [-0.4, -0.2) is 42.1 Å². The van der Waals surface area contributed by atoms with Crippen molar-refractivity contribution < 1.29 is 13.9 Å². The summed E-state index contributed by atoms with van der Waals surface area (Å²) in [5.41, 5.74) is 6.49. The minimum atomic E-state index is -0.112. The van der Waals surface area contributed by atoms with E-state index >= 15 is 0 Å². The molecule has 0 unspecified atom stereocenters. The van der Waals surface area contributed by atoms with Crippen molar-refractivity contribution in [2.24, 2.45) is 5.92 Å². The van der Waals surface area contributed by atoms with Crippen molar-refractivity contribution in [3.05, 3.63) is 52.5 Å². The van der Waals surface area contributed by atoms with E-state index < -0.39 is 0 Å². The van der Waals surface area contributed by atoms with Crippen molar-refractivity contribution in [1.29, 1.82) is 0 Å². The number of hydrogen-bond acceptors (Lipinski definition) is 4. The SMILES string of the molecule is Cc1ccoc1C(=O)N1CCN(c2cc3c(c(C4CC4)c2)COC(C)(C)C3)C[C@H]1C(C)C. The standard InChI is InChI=1S/C27H36N2O3/c1-17(2)24-15-28(9-10-29(24)26(30)25-18(3)8-11-31-25)21-12-20-14-27(4,5)32-16-23(20)22(13-21)19-6-7-19/h8,11-13,17,19,24H,6-7,9-10,14-16H2,1-5H3/t24-/m0/s1. The van der Waals surface area contributed by atoms with Crippen molar-refractivity contribution in [1.82, 2.24) is 4.90 Å². The summed E-state index contributed by atoms with van der Waals surface area (Å²) in [5.74, 6) is 1.56. The second-order valence-corrected chi connectivity index (χ2v) is 10.9. The molecule has 172 valence electrons. The summed E-state index contributed by atoms with van der Waals surface area (Å²) in [4.78, 5) is 17.8. The van der Waals surface area contributed by atoms with Gasteiger partial charge in [-0.15, -0.1) is 0 Å². The summed E-state index contributed by atoms with van der Waals surface area (Å²) in [6, 6.07) is 6.84. The first-order valence-corrected chi connectivity index (χ1v) is 12.1. The fourth-order valence-corrected chi connectivity index (χ4v) is 5.38. The molecule has 1 aliphatic carbocycles. The Morgan fingerprint density at radius 2 is 1.97 bits per heavy atom. The average molecular weight is 437 g/mol. The highest BCUT2D eigenvalue weighted by molar-refractivity contribution is 5.93. The predicted molar refractivity (Wildman–Crippen MR) is 126 cm³/mol. The molecule has 32 heavy (non-hydrogen) atoms. The molecule has 5 nitrogen and oxygen atoms in total. The van der Waals surface area contributed by atoms with E-state index in [0.29, 0.717) is 24.1 Å². The molecule has 0 N–H and O–H groups in total. The van der Waals surface area contributed by atoms with E-state index in [1.165, 1.54) is 35.2 Å². The minimum absolute atomic E-state index is 0.0221. The van der Waals surface area contributed by atoms with E-state index in [1.54, 1.807) is 6.26 Å². The number of fused-ring (bicyclic) bond motifs is 1. The van der Waals surface area contributed by atoms with Crippen molar-refractivity contribution in [3.63, 3.8) is 0 Å². The average Bonchev–Trinajstić information content (AvgIpc) is 3.51. The molecule has 5 rings (SSSR count). The minimum Gasteiger partial charge on any atom is -0.459 e. The second kappa shape index (κ2) is 7.95. The van der Waals surface area contributed by atoms with Gasteiger partial charge in [-0.2, -0.15) is 0 Å². The fraction of sp³-hybridized carbons (Fsp3) is 0.593. The van der Waals surface area contributed by atoms with Crippen LogP contribution < -0.4 is 4.90 Å². The Morgan fingerprint density at radius 1 is 1.19 bits per heavy atom. The highest BCUT2D eigenvalue weighted by atomic mass is 16.5. The van der Waals surface area contributed by atoms with Gasteiger partial charge in [-0.1, -0.05) is 13.8 Å². The summed E-state index contributed by atoms with van der Waals surface area (Å²) >= 11 is 0. The molecule has 5 heteroatoms. The molecule has 1 aromatic carbocycles. The number of anilines is 1. The molecule has 0 radical (unpaired) electrons. The van der Waals surface area contributed by atoms with Crippen LogP contribution in [0.25, 0.3) is 0 Å². The molecule has 3 aliphatic rings. The van der Waals surface area contributed by atoms with Crippen LogP contribution in [0.5, 0.6) is 0 Å². The molecule has 1 aromatic heterocycles. The van der Waals surface area contributed by atoms with Crippen molar-refractivity contribution in [2.45, 2.75) is 78.0 Å². The van der Waals surface area contributed by atoms with Crippen LogP contribution in [0.2, 0.25) is 0 Å². The van der Waals surface area contributed by atoms with Crippen LogP contribution in [0.1, 0.15) is 79.3 Å². The van der Waals surface area contributed by atoms with E-state index in [-0.39, 0.29) is 17.6 Å². The van der Waals surface area contributed by atoms with Gasteiger partial charge in [0, 0.05) is 37.3 Å². The Hall–Kier alpha value is -2.27. The molecule has 2 aliphatic heterocycles. The number of ether oxygens (including phenoxy) is 1. The first-order chi connectivity index (χ1) is 15.2. The zero-order valence-electron chi connectivity index (χ0n) is 20.1. The Bertz CT molecular complexity index is 1020. The molecular formula is C27H36N2O3. The first-order valence-electron chi connectivity index (χ1n) is 12.1. The number of piperazine rings is 1. The maximum Gasteiger partial charge on any atom is 0.290 e. The molecule has 0 spiro atoms. The van der Waals surface area contributed by atoms with Crippen LogP contribution in [-0.2, 0) is 17.8 Å². The lowest BCUT2D eigenvalue weighted by molar-refractivity contribution is -0.0404. The van der Waals surface area contributed by atoms with Crippen LogP contribution in [0.3, 0.4) is 0 Å². The van der Waals surface area contributed by atoms with Gasteiger partial charge in [0.15, 0.2) is 5.76 Å². The van der Waals surface area contributed by atoms with Gasteiger partial charge in [-0.25, -0.2) is 0 Å². The highest BCUT2D eigenvalue weighted by Gasteiger charge is 2.37. The number of furan rings is 1. The Labute approximate surface area is 191 Å². The molecule has 0 bridgehead atoms. The third-order valence-corrected chi connectivity index (χ3v) is 7.47. The van der Waals surface area contributed by atoms with Gasteiger partial charge < -0.3 is 19.0 Å². The Kier molecular flexibility index (Phi) is 5.36. The van der Waals surface area contributed by atoms with E-state index in [1.807, 2.05) is 17.9 Å². The summed E-state index contributed by atoms with van der Waals surface area (Å²) in [6.45, 7) is 13.9. The number of nitrogens with zero attached hydrogens (tertiary/aromatic N) is 2. The van der Waals surface area contributed by atoms with Crippen LogP contribution in [0, 0.1) is 12.8 Å². The molecule has 1 saturated carbocycles. The topological polar surface area (TPSA) is 45.9 Å². The van der Waals surface area contributed by atoms with Crippen LogP contribution in [0.4, 0.5) is 5.69 Å². The largest absolute Gasteiger partial charge is 0.459 e. The van der Waals surface area contributed by atoms with Gasteiger partial charge in [0.1, 0.15) is 0 Å². The number of rotatable bonds is 4. The van der Waals surface area contributed by atoms with Crippen molar-refractivity contribution >= 4 is 11.6 Å².